The normalized spacial score (nSPS) is 13.4. The van der Waals surface area contributed by atoms with Crippen molar-refractivity contribution in [3.05, 3.63) is 49.2 Å². The zero-order valence-corrected chi connectivity index (χ0v) is 12.7. The Bertz CT molecular complexity index is 567. The molecule has 0 fully saturated rings. The number of benzene rings is 1. The third-order valence-corrected chi connectivity index (χ3v) is 5.03. The second-order valence-electron chi connectivity index (χ2n) is 4.37. The van der Waals surface area contributed by atoms with Crippen LogP contribution in [0.3, 0.4) is 0 Å². The van der Waals surface area contributed by atoms with E-state index in [0.29, 0.717) is 0 Å². The van der Waals surface area contributed by atoms with Gasteiger partial charge in [0.15, 0.2) is 0 Å². The SMILES string of the molecule is O=C(Nc1ccc(I)cc1)c1cc2c(s1)CCC2. The van der Waals surface area contributed by atoms with Crippen molar-refractivity contribution >= 4 is 45.5 Å². The second-order valence-corrected chi connectivity index (χ2v) is 6.76. The number of fused-ring (bicyclic) bond motifs is 1. The lowest BCUT2D eigenvalue weighted by molar-refractivity contribution is 0.103. The van der Waals surface area contributed by atoms with Crippen molar-refractivity contribution in [3.8, 4) is 0 Å². The molecule has 1 N–H and O–H groups in total. The zero-order valence-electron chi connectivity index (χ0n) is 9.70. The minimum Gasteiger partial charge on any atom is -0.321 e. The number of carbonyl (C=O) groups excluding carboxylic acids is 1. The van der Waals surface area contributed by atoms with Gasteiger partial charge in [0.1, 0.15) is 0 Å². The highest BCUT2D eigenvalue weighted by atomic mass is 127. The van der Waals surface area contributed by atoms with Crippen LogP contribution in [0.15, 0.2) is 30.3 Å². The van der Waals surface area contributed by atoms with E-state index in [-0.39, 0.29) is 5.91 Å². The molecule has 1 aliphatic rings. The lowest BCUT2D eigenvalue weighted by Gasteiger charge is -2.03. The van der Waals surface area contributed by atoms with Crippen LogP contribution >= 0.6 is 33.9 Å². The van der Waals surface area contributed by atoms with E-state index >= 15 is 0 Å². The first-order valence-electron chi connectivity index (χ1n) is 5.91. The Morgan fingerprint density at radius 3 is 2.72 bits per heavy atom. The monoisotopic (exact) mass is 369 g/mol. The van der Waals surface area contributed by atoms with E-state index in [2.05, 4.69) is 34.0 Å². The smallest absolute Gasteiger partial charge is 0.265 e. The summed E-state index contributed by atoms with van der Waals surface area (Å²) in [5.74, 6) is 0.00982. The number of halogens is 1. The Kier molecular flexibility index (Phi) is 3.39. The van der Waals surface area contributed by atoms with Gasteiger partial charge < -0.3 is 5.32 Å². The fourth-order valence-corrected chi connectivity index (χ4v) is 3.68. The van der Waals surface area contributed by atoms with Crippen LogP contribution in [-0.4, -0.2) is 5.91 Å². The van der Waals surface area contributed by atoms with Crippen LogP contribution in [-0.2, 0) is 12.8 Å². The summed E-state index contributed by atoms with van der Waals surface area (Å²) in [5.41, 5.74) is 2.22. The van der Waals surface area contributed by atoms with Crippen LogP contribution in [0.1, 0.15) is 26.5 Å². The van der Waals surface area contributed by atoms with Crippen LogP contribution in [0.2, 0.25) is 0 Å². The molecule has 1 heterocycles. The molecule has 4 heteroatoms. The molecule has 0 spiro atoms. The first-order valence-corrected chi connectivity index (χ1v) is 7.80. The molecule has 92 valence electrons. The van der Waals surface area contributed by atoms with Gasteiger partial charge in [0, 0.05) is 14.1 Å². The maximum atomic E-state index is 12.1. The van der Waals surface area contributed by atoms with Crippen LogP contribution < -0.4 is 5.32 Å². The fraction of sp³-hybridized carbons (Fsp3) is 0.214. The van der Waals surface area contributed by atoms with E-state index in [0.717, 1.165) is 23.4 Å². The minimum atomic E-state index is 0.00982. The highest BCUT2D eigenvalue weighted by molar-refractivity contribution is 14.1. The first-order chi connectivity index (χ1) is 8.72. The molecule has 1 amide bonds. The van der Waals surface area contributed by atoms with Gasteiger partial charge >= 0.3 is 0 Å². The van der Waals surface area contributed by atoms with Crippen LogP contribution in [0.4, 0.5) is 5.69 Å². The van der Waals surface area contributed by atoms with E-state index in [1.54, 1.807) is 11.3 Å². The van der Waals surface area contributed by atoms with Crippen LogP contribution in [0.25, 0.3) is 0 Å². The molecule has 0 atom stereocenters. The Morgan fingerprint density at radius 1 is 1.22 bits per heavy atom. The summed E-state index contributed by atoms with van der Waals surface area (Å²) >= 11 is 3.89. The number of amides is 1. The maximum Gasteiger partial charge on any atom is 0.265 e. The van der Waals surface area contributed by atoms with Gasteiger partial charge in [-0.15, -0.1) is 11.3 Å². The largest absolute Gasteiger partial charge is 0.321 e. The highest BCUT2D eigenvalue weighted by Gasteiger charge is 2.18. The molecule has 0 saturated carbocycles. The standard InChI is InChI=1S/C14H12INOS/c15-10-4-6-11(7-5-10)16-14(17)13-8-9-2-1-3-12(9)18-13/h4-8H,1-3H2,(H,16,17). The summed E-state index contributed by atoms with van der Waals surface area (Å²) in [6.45, 7) is 0. The van der Waals surface area contributed by atoms with Gasteiger partial charge in [-0.05, 0) is 77.7 Å². The Morgan fingerprint density at radius 2 is 2.00 bits per heavy atom. The molecule has 2 aromatic rings. The van der Waals surface area contributed by atoms with Crippen molar-refractivity contribution in [1.82, 2.24) is 0 Å². The van der Waals surface area contributed by atoms with Crippen LogP contribution in [0, 0.1) is 3.57 Å². The molecule has 1 aromatic heterocycles. The summed E-state index contributed by atoms with van der Waals surface area (Å²) in [4.78, 5) is 14.3. The quantitative estimate of drug-likeness (QED) is 0.794. The average Bonchev–Trinajstić information content (AvgIpc) is 2.92. The predicted octanol–water partition coefficient (Wildman–Crippen LogP) is 4.09. The van der Waals surface area contributed by atoms with E-state index in [1.807, 2.05) is 24.3 Å². The lowest BCUT2D eigenvalue weighted by Crippen LogP contribution is -2.10. The van der Waals surface area contributed by atoms with Gasteiger partial charge in [-0.3, -0.25) is 4.79 Å². The Balaban J connectivity index is 1.76. The van der Waals surface area contributed by atoms with Gasteiger partial charge in [-0.2, -0.15) is 0 Å². The zero-order chi connectivity index (χ0) is 12.5. The molecule has 2 nitrogen and oxygen atoms in total. The number of rotatable bonds is 2. The summed E-state index contributed by atoms with van der Waals surface area (Å²) < 4.78 is 1.17. The molecular formula is C14H12INOS. The molecule has 0 unspecified atom stereocenters. The van der Waals surface area contributed by atoms with Gasteiger partial charge in [-0.25, -0.2) is 0 Å². The highest BCUT2D eigenvalue weighted by Crippen LogP contribution is 2.30. The number of thiophene rings is 1. The number of hydrogen-bond donors (Lipinski definition) is 1. The second kappa shape index (κ2) is 5.01. The molecule has 0 bridgehead atoms. The third kappa shape index (κ3) is 2.44. The van der Waals surface area contributed by atoms with Gasteiger partial charge in [0.2, 0.25) is 0 Å². The molecule has 0 saturated heterocycles. The van der Waals surface area contributed by atoms with Gasteiger partial charge in [0.25, 0.3) is 5.91 Å². The number of nitrogens with one attached hydrogen (secondary N) is 1. The Labute approximate surface area is 124 Å². The van der Waals surface area contributed by atoms with Crippen molar-refractivity contribution < 1.29 is 4.79 Å². The van der Waals surface area contributed by atoms with E-state index < -0.39 is 0 Å². The summed E-state index contributed by atoms with van der Waals surface area (Å²) in [6, 6.07) is 9.89. The lowest BCUT2D eigenvalue weighted by atomic mass is 10.2. The number of anilines is 1. The topological polar surface area (TPSA) is 29.1 Å². The van der Waals surface area contributed by atoms with Crippen LogP contribution in [0.5, 0.6) is 0 Å². The van der Waals surface area contributed by atoms with Crippen molar-refractivity contribution in [3.63, 3.8) is 0 Å². The van der Waals surface area contributed by atoms with E-state index in [4.69, 9.17) is 0 Å². The predicted molar refractivity (Wildman–Crippen MR) is 83.5 cm³/mol. The average molecular weight is 369 g/mol. The Hall–Kier alpha value is -0.880. The van der Waals surface area contributed by atoms with E-state index in [1.165, 1.54) is 20.4 Å². The summed E-state index contributed by atoms with van der Waals surface area (Å²) in [6.07, 6.45) is 3.50. The van der Waals surface area contributed by atoms with Gasteiger partial charge in [0.05, 0.1) is 4.88 Å². The first kappa shape index (κ1) is 12.2. The minimum absolute atomic E-state index is 0.00982. The number of hydrogen-bond acceptors (Lipinski definition) is 2. The number of aryl methyl sites for hydroxylation is 2. The maximum absolute atomic E-state index is 12.1. The summed E-state index contributed by atoms with van der Waals surface area (Å²) in [5, 5.41) is 2.94. The van der Waals surface area contributed by atoms with Crippen molar-refractivity contribution in [2.45, 2.75) is 19.3 Å². The van der Waals surface area contributed by atoms with Crippen molar-refractivity contribution in [2.24, 2.45) is 0 Å². The fourth-order valence-electron chi connectivity index (χ4n) is 2.17. The molecule has 1 aromatic carbocycles. The van der Waals surface area contributed by atoms with E-state index in [9.17, 15) is 4.79 Å². The molecule has 18 heavy (non-hydrogen) atoms. The number of carbonyl (C=O) groups is 1. The molecular weight excluding hydrogens is 357 g/mol. The molecule has 1 aliphatic carbocycles. The van der Waals surface area contributed by atoms with Crippen molar-refractivity contribution in [2.75, 3.05) is 5.32 Å². The third-order valence-electron chi connectivity index (χ3n) is 3.07. The molecule has 3 rings (SSSR count). The summed E-state index contributed by atoms with van der Waals surface area (Å²) in [7, 11) is 0. The molecule has 0 radical (unpaired) electrons. The van der Waals surface area contributed by atoms with Crippen molar-refractivity contribution in [1.29, 1.82) is 0 Å². The molecule has 0 aliphatic heterocycles. The van der Waals surface area contributed by atoms with Gasteiger partial charge in [-0.1, -0.05) is 0 Å².